The van der Waals surface area contributed by atoms with Gasteiger partial charge in [0.25, 0.3) is 0 Å². The van der Waals surface area contributed by atoms with E-state index in [1.807, 2.05) is 18.3 Å². The Kier molecular flexibility index (Phi) is 6.66. The highest BCUT2D eigenvalue weighted by atomic mass is 16.2. The van der Waals surface area contributed by atoms with E-state index in [9.17, 15) is 14.4 Å². The predicted octanol–water partition coefficient (Wildman–Crippen LogP) is 3.51. The number of hydrogen-bond donors (Lipinski definition) is 4. The van der Waals surface area contributed by atoms with Crippen molar-refractivity contribution in [2.24, 2.45) is 5.73 Å². The Labute approximate surface area is 197 Å². The third-order valence-corrected chi connectivity index (χ3v) is 6.06. The highest BCUT2D eigenvalue weighted by Crippen LogP contribution is 2.25. The molecule has 0 saturated carbocycles. The summed E-state index contributed by atoms with van der Waals surface area (Å²) < 4.78 is 0. The number of ketones is 1. The smallest absolute Gasteiger partial charge is 0.323 e. The molecule has 8 heteroatoms. The highest BCUT2D eigenvalue weighted by molar-refractivity contribution is 6.02. The minimum absolute atomic E-state index is 0.0377. The monoisotopic (exact) mass is 457 g/mol. The predicted molar refractivity (Wildman–Crippen MR) is 133 cm³/mol. The topological polar surface area (TPSA) is 120 Å². The van der Waals surface area contributed by atoms with Crippen molar-refractivity contribution in [1.29, 1.82) is 0 Å². The number of hydrogen-bond acceptors (Lipinski definition) is 4. The lowest BCUT2D eigenvalue weighted by molar-refractivity contribution is -0.132. The number of benzene rings is 2. The number of anilines is 2. The molecule has 3 aromatic rings. The lowest BCUT2D eigenvalue weighted by Crippen LogP contribution is -2.46. The number of carbonyl (C=O) groups excluding carboxylic acids is 3. The lowest BCUT2D eigenvalue weighted by atomic mass is 10.0. The number of likely N-dealkylation sites (tertiary alicyclic amines) is 1. The van der Waals surface area contributed by atoms with Gasteiger partial charge in [0.15, 0.2) is 5.78 Å². The number of H-pyrrole nitrogens is 1. The highest BCUT2D eigenvalue weighted by Gasteiger charge is 2.30. The Balaban J connectivity index is 1.43. The molecule has 1 fully saturated rings. The van der Waals surface area contributed by atoms with Gasteiger partial charge in [-0.3, -0.25) is 9.59 Å². The van der Waals surface area contributed by atoms with Crippen LogP contribution in [0.25, 0.3) is 10.9 Å². The van der Waals surface area contributed by atoms with Crippen LogP contribution < -0.4 is 16.4 Å². The van der Waals surface area contributed by atoms with Crippen LogP contribution in [0.2, 0.25) is 0 Å². The van der Waals surface area contributed by atoms with E-state index in [1.165, 1.54) is 6.92 Å². The normalized spacial score (nSPS) is 16.1. The van der Waals surface area contributed by atoms with Gasteiger partial charge in [-0.2, -0.15) is 0 Å². The number of aromatic amines is 1. The summed E-state index contributed by atoms with van der Waals surface area (Å²) in [7, 11) is 0. The molecule has 2 aromatic carbocycles. The minimum Gasteiger partial charge on any atom is -0.361 e. The van der Waals surface area contributed by atoms with Gasteiger partial charge in [0.1, 0.15) is 0 Å². The van der Waals surface area contributed by atoms with Crippen molar-refractivity contribution in [1.82, 2.24) is 9.88 Å². The van der Waals surface area contributed by atoms with Gasteiger partial charge in [-0.1, -0.05) is 5.92 Å². The average molecular weight is 458 g/mol. The van der Waals surface area contributed by atoms with Gasteiger partial charge in [0, 0.05) is 40.6 Å². The van der Waals surface area contributed by atoms with Crippen molar-refractivity contribution in [3.63, 3.8) is 0 Å². The van der Waals surface area contributed by atoms with Gasteiger partial charge in [0.2, 0.25) is 5.91 Å². The Morgan fingerprint density at radius 3 is 2.59 bits per heavy atom. The maximum Gasteiger partial charge on any atom is 0.323 e. The number of rotatable bonds is 6. The third kappa shape index (κ3) is 4.95. The van der Waals surface area contributed by atoms with Crippen LogP contribution in [0.5, 0.6) is 0 Å². The second kappa shape index (κ2) is 9.81. The Morgan fingerprint density at radius 1 is 1.18 bits per heavy atom. The molecule has 174 valence electrons. The number of nitrogens with two attached hydrogens (primary N) is 1. The van der Waals surface area contributed by atoms with E-state index in [-0.39, 0.29) is 17.7 Å². The molecular weight excluding hydrogens is 430 g/mol. The Bertz CT molecular complexity index is 1270. The summed E-state index contributed by atoms with van der Waals surface area (Å²) in [6.45, 7) is 2.12. The summed E-state index contributed by atoms with van der Waals surface area (Å²) in [4.78, 5) is 41.6. The molecule has 0 radical (unpaired) electrons. The van der Waals surface area contributed by atoms with Crippen LogP contribution in [-0.2, 0) is 11.2 Å². The van der Waals surface area contributed by atoms with E-state index in [1.54, 1.807) is 35.2 Å². The molecule has 1 aliphatic heterocycles. The molecule has 2 atom stereocenters. The van der Waals surface area contributed by atoms with Crippen molar-refractivity contribution < 1.29 is 14.4 Å². The maximum atomic E-state index is 12.8. The van der Waals surface area contributed by atoms with Crippen molar-refractivity contribution in [2.75, 3.05) is 17.2 Å². The molecule has 5 N–H and O–H groups in total. The van der Waals surface area contributed by atoms with E-state index in [0.29, 0.717) is 29.9 Å². The fraction of sp³-hybridized carbons (Fsp3) is 0.269. The zero-order chi connectivity index (χ0) is 24.2. The fourth-order valence-electron chi connectivity index (χ4n) is 4.25. The largest absolute Gasteiger partial charge is 0.361 e. The molecule has 34 heavy (non-hydrogen) atoms. The summed E-state index contributed by atoms with van der Waals surface area (Å²) >= 11 is 0. The first-order valence-corrected chi connectivity index (χ1v) is 11.2. The first kappa shape index (κ1) is 23.1. The number of amides is 3. The summed E-state index contributed by atoms with van der Waals surface area (Å²) in [6, 6.07) is 10.9. The van der Waals surface area contributed by atoms with Crippen LogP contribution >= 0.6 is 0 Å². The molecule has 0 bridgehead atoms. The van der Waals surface area contributed by atoms with Gasteiger partial charge in [0.05, 0.1) is 12.1 Å². The number of terminal acetylenes is 1. The lowest BCUT2D eigenvalue weighted by Gasteiger charge is -2.24. The van der Waals surface area contributed by atoms with E-state index in [2.05, 4.69) is 21.5 Å². The first-order valence-electron chi connectivity index (χ1n) is 11.2. The van der Waals surface area contributed by atoms with Gasteiger partial charge in [-0.05, 0) is 74.2 Å². The van der Waals surface area contributed by atoms with E-state index >= 15 is 0 Å². The number of aromatic nitrogens is 1. The van der Waals surface area contributed by atoms with E-state index in [4.69, 9.17) is 12.2 Å². The van der Waals surface area contributed by atoms with Gasteiger partial charge >= 0.3 is 6.03 Å². The van der Waals surface area contributed by atoms with Crippen molar-refractivity contribution in [2.45, 2.75) is 38.3 Å². The SMILES string of the molecule is C#C[C@H]1CCCN1C(=O)[C@@H](N)Cc1c[nH]c2ccc(NC(=O)Nc3ccc(C(C)=O)cc3)cc12. The molecule has 3 amide bonds. The molecule has 0 unspecified atom stereocenters. The number of nitrogens with zero attached hydrogens (tertiary/aromatic N) is 1. The number of carbonyl (C=O) groups is 3. The second-order valence-corrected chi connectivity index (χ2v) is 8.45. The van der Waals surface area contributed by atoms with Crippen molar-refractivity contribution >= 4 is 40.0 Å². The van der Waals surface area contributed by atoms with Gasteiger partial charge in [-0.15, -0.1) is 6.42 Å². The first-order chi connectivity index (χ1) is 16.4. The molecule has 0 aliphatic carbocycles. The number of nitrogens with one attached hydrogen (secondary N) is 3. The van der Waals surface area contributed by atoms with Crippen LogP contribution in [0.4, 0.5) is 16.2 Å². The number of Topliss-reactive ketones (excluding diaryl/α,β-unsaturated/α-hetero) is 1. The van der Waals surface area contributed by atoms with Gasteiger partial charge in [-0.25, -0.2) is 4.79 Å². The number of fused-ring (bicyclic) bond motifs is 1. The zero-order valence-electron chi connectivity index (χ0n) is 18.9. The molecule has 0 spiro atoms. The summed E-state index contributed by atoms with van der Waals surface area (Å²) in [5.74, 6) is 2.49. The molecule has 8 nitrogen and oxygen atoms in total. The summed E-state index contributed by atoms with van der Waals surface area (Å²) in [6.07, 6.45) is 9.43. The van der Waals surface area contributed by atoms with Gasteiger partial charge < -0.3 is 26.3 Å². The van der Waals surface area contributed by atoms with Crippen LogP contribution in [0.1, 0.15) is 35.7 Å². The van der Waals surface area contributed by atoms with Crippen LogP contribution in [-0.4, -0.2) is 46.2 Å². The molecule has 2 heterocycles. The van der Waals surface area contributed by atoms with E-state index < -0.39 is 12.1 Å². The molecular formula is C26H27N5O3. The van der Waals surface area contributed by atoms with E-state index in [0.717, 1.165) is 29.3 Å². The summed E-state index contributed by atoms with van der Waals surface area (Å²) in [5.41, 5.74) is 9.76. The second-order valence-electron chi connectivity index (χ2n) is 8.45. The molecule has 1 aliphatic rings. The fourth-order valence-corrected chi connectivity index (χ4v) is 4.25. The van der Waals surface area contributed by atoms with Crippen LogP contribution in [0, 0.1) is 12.3 Å². The Morgan fingerprint density at radius 2 is 1.88 bits per heavy atom. The average Bonchev–Trinajstić information content (AvgIpc) is 3.45. The standard InChI is InChI=1S/C26H27N5O3/c1-3-21-5-4-12-31(21)25(33)23(27)13-18-15-28-24-11-10-20(14-22(18)24)30-26(34)29-19-8-6-17(7-9-19)16(2)32/h1,6-11,14-15,21,23,28H,4-5,12-13,27H2,2H3,(H2,29,30,34)/t21-,23-/m0/s1. The number of urea groups is 1. The molecule has 1 aromatic heterocycles. The van der Waals surface area contributed by atoms with Crippen LogP contribution in [0.3, 0.4) is 0 Å². The quantitative estimate of drug-likeness (QED) is 0.334. The van der Waals surface area contributed by atoms with Crippen LogP contribution in [0.15, 0.2) is 48.7 Å². The van der Waals surface area contributed by atoms with Crippen molar-refractivity contribution in [3.8, 4) is 12.3 Å². The molecule has 4 rings (SSSR count). The Hall–Kier alpha value is -4.09. The summed E-state index contributed by atoms with van der Waals surface area (Å²) in [5, 5.41) is 6.43. The maximum absolute atomic E-state index is 12.8. The zero-order valence-corrected chi connectivity index (χ0v) is 18.9. The molecule has 1 saturated heterocycles. The minimum atomic E-state index is -0.703. The van der Waals surface area contributed by atoms with Crippen molar-refractivity contribution in [3.05, 3.63) is 59.8 Å². The third-order valence-electron chi connectivity index (χ3n) is 6.06.